The van der Waals surface area contributed by atoms with Gasteiger partial charge in [-0.15, -0.1) is 0 Å². The summed E-state index contributed by atoms with van der Waals surface area (Å²) in [6, 6.07) is -0.142. The van der Waals surface area contributed by atoms with Gasteiger partial charge in [-0.1, -0.05) is 32.1 Å². The molecule has 0 spiro atoms. The van der Waals surface area contributed by atoms with E-state index in [0.29, 0.717) is 17.8 Å². The van der Waals surface area contributed by atoms with Gasteiger partial charge in [-0.05, 0) is 56.9 Å². The first-order valence-electron chi connectivity index (χ1n) is 10.3. The molecule has 3 fully saturated rings. The predicted molar refractivity (Wildman–Crippen MR) is 96.1 cm³/mol. The van der Waals surface area contributed by atoms with E-state index in [2.05, 4.69) is 12.2 Å². The van der Waals surface area contributed by atoms with Crippen molar-refractivity contribution in [2.24, 2.45) is 17.8 Å². The van der Waals surface area contributed by atoms with Crippen LogP contribution in [0, 0.1) is 17.8 Å². The molecular formula is C20H35NO4. The molecule has 0 aromatic carbocycles. The Morgan fingerprint density at radius 2 is 1.92 bits per heavy atom. The number of methoxy groups -OCH3 is 1. The van der Waals surface area contributed by atoms with Crippen molar-refractivity contribution in [2.75, 3.05) is 20.3 Å². The first-order chi connectivity index (χ1) is 12.2. The van der Waals surface area contributed by atoms with Crippen LogP contribution in [0.1, 0.15) is 64.7 Å². The molecule has 0 radical (unpaired) electrons. The maximum Gasteiger partial charge on any atom is 0.323 e. The summed E-state index contributed by atoms with van der Waals surface area (Å²) in [6.07, 6.45) is 10.9. The molecule has 0 aromatic rings. The van der Waals surface area contributed by atoms with E-state index < -0.39 is 0 Å². The summed E-state index contributed by atoms with van der Waals surface area (Å²) in [4.78, 5) is 12.3. The zero-order chi connectivity index (χ0) is 17.6. The third kappa shape index (κ3) is 4.95. The van der Waals surface area contributed by atoms with Crippen LogP contribution in [0.3, 0.4) is 0 Å². The van der Waals surface area contributed by atoms with Crippen molar-refractivity contribution in [2.45, 2.75) is 83.1 Å². The molecule has 3 aliphatic rings. The molecule has 25 heavy (non-hydrogen) atoms. The number of rotatable bonds is 6. The summed E-state index contributed by atoms with van der Waals surface area (Å²) in [5, 5.41) is 3.45. The van der Waals surface area contributed by atoms with Crippen molar-refractivity contribution in [1.82, 2.24) is 5.32 Å². The fourth-order valence-corrected chi connectivity index (χ4v) is 5.17. The van der Waals surface area contributed by atoms with Gasteiger partial charge in [-0.2, -0.15) is 0 Å². The lowest BCUT2D eigenvalue weighted by Gasteiger charge is -2.35. The van der Waals surface area contributed by atoms with Gasteiger partial charge in [0, 0.05) is 6.61 Å². The normalized spacial score (nSPS) is 35.4. The molecule has 0 aromatic heterocycles. The second-order valence-electron chi connectivity index (χ2n) is 8.12. The van der Waals surface area contributed by atoms with Gasteiger partial charge in [-0.3, -0.25) is 4.79 Å². The minimum Gasteiger partial charge on any atom is -0.468 e. The van der Waals surface area contributed by atoms with E-state index in [0.717, 1.165) is 32.4 Å². The van der Waals surface area contributed by atoms with Crippen molar-refractivity contribution >= 4 is 5.97 Å². The van der Waals surface area contributed by atoms with E-state index in [1.165, 1.54) is 45.6 Å². The SMILES string of the molecule is COC(=O)[C@H]1NCC(CC(C)OC2CCCCO2)C1C1CCCCC1. The molecule has 2 heterocycles. The Morgan fingerprint density at radius 1 is 1.16 bits per heavy atom. The molecule has 5 atom stereocenters. The maximum atomic E-state index is 12.3. The standard InChI is InChI=1S/C20H35NO4/c1-14(25-17-10-6-7-11-24-17)12-16-13-21-19(20(22)23-2)18(16)15-8-4-3-5-9-15/h14-19,21H,3-13H2,1-2H3/t14?,16?,17?,18?,19-/m0/s1. The van der Waals surface area contributed by atoms with Crippen LogP contribution in [0.5, 0.6) is 0 Å². The molecule has 5 heteroatoms. The minimum atomic E-state index is -0.142. The van der Waals surface area contributed by atoms with Crippen LogP contribution in [-0.4, -0.2) is 44.7 Å². The molecule has 1 aliphatic carbocycles. The van der Waals surface area contributed by atoms with Gasteiger partial charge in [0.15, 0.2) is 6.29 Å². The van der Waals surface area contributed by atoms with E-state index in [4.69, 9.17) is 14.2 Å². The number of carbonyl (C=O) groups excluding carboxylic acids is 1. The smallest absolute Gasteiger partial charge is 0.323 e. The minimum absolute atomic E-state index is 0.0392. The summed E-state index contributed by atoms with van der Waals surface area (Å²) in [5.41, 5.74) is 0. The van der Waals surface area contributed by atoms with Gasteiger partial charge >= 0.3 is 5.97 Å². The molecular weight excluding hydrogens is 318 g/mol. The van der Waals surface area contributed by atoms with Gasteiger partial charge in [0.1, 0.15) is 6.04 Å². The van der Waals surface area contributed by atoms with E-state index in [1.807, 2.05) is 0 Å². The molecule has 3 rings (SSSR count). The fraction of sp³-hybridized carbons (Fsp3) is 0.950. The lowest BCUT2D eigenvalue weighted by Crippen LogP contribution is -2.41. The summed E-state index contributed by atoms with van der Waals surface area (Å²) in [5.74, 6) is 1.40. The van der Waals surface area contributed by atoms with Crippen molar-refractivity contribution < 1.29 is 19.0 Å². The molecule has 5 nitrogen and oxygen atoms in total. The van der Waals surface area contributed by atoms with Crippen LogP contribution < -0.4 is 5.32 Å². The van der Waals surface area contributed by atoms with Crippen molar-refractivity contribution in [3.8, 4) is 0 Å². The molecule has 0 amide bonds. The number of hydrogen-bond acceptors (Lipinski definition) is 5. The van der Waals surface area contributed by atoms with E-state index >= 15 is 0 Å². The summed E-state index contributed by atoms with van der Waals surface area (Å²) >= 11 is 0. The quantitative estimate of drug-likeness (QED) is 0.743. The van der Waals surface area contributed by atoms with Gasteiger partial charge in [-0.25, -0.2) is 0 Å². The summed E-state index contributed by atoms with van der Waals surface area (Å²) in [7, 11) is 1.50. The fourth-order valence-electron chi connectivity index (χ4n) is 5.17. The van der Waals surface area contributed by atoms with Crippen molar-refractivity contribution in [1.29, 1.82) is 0 Å². The average Bonchev–Trinajstić information content (AvgIpc) is 3.06. The maximum absolute atomic E-state index is 12.3. The molecule has 2 aliphatic heterocycles. The molecule has 144 valence electrons. The largest absolute Gasteiger partial charge is 0.468 e. The lowest BCUT2D eigenvalue weighted by molar-refractivity contribution is -0.188. The average molecular weight is 354 g/mol. The van der Waals surface area contributed by atoms with Crippen LogP contribution in [0.2, 0.25) is 0 Å². The third-order valence-corrected chi connectivity index (χ3v) is 6.34. The first kappa shape index (κ1) is 19.1. The first-order valence-corrected chi connectivity index (χ1v) is 10.3. The Morgan fingerprint density at radius 3 is 2.60 bits per heavy atom. The molecule has 4 unspecified atom stereocenters. The number of hydrogen-bond donors (Lipinski definition) is 1. The molecule has 2 saturated heterocycles. The molecule has 0 bridgehead atoms. The third-order valence-electron chi connectivity index (χ3n) is 6.34. The highest BCUT2D eigenvalue weighted by atomic mass is 16.7. The van der Waals surface area contributed by atoms with Crippen LogP contribution >= 0.6 is 0 Å². The molecule has 1 N–H and O–H groups in total. The van der Waals surface area contributed by atoms with Gasteiger partial charge in [0.25, 0.3) is 0 Å². The Hall–Kier alpha value is -0.650. The van der Waals surface area contributed by atoms with Gasteiger partial charge < -0.3 is 19.5 Å². The zero-order valence-corrected chi connectivity index (χ0v) is 15.9. The monoisotopic (exact) mass is 353 g/mol. The Labute approximate surface area is 152 Å². The Bertz CT molecular complexity index is 418. The highest BCUT2D eigenvalue weighted by molar-refractivity contribution is 5.76. The second-order valence-corrected chi connectivity index (χ2v) is 8.12. The Balaban J connectivity index is 1.60. The predicted octanol–water partition coefficient (Wildman–Crippen LogP) is 3.27. The zero-order valence-electron chi connectivity index (χ0n) is 15.9. The molecule has 1 saturated carbocycles. The number of nitrogens with one attached hydrogen (secondary N) is 1. The highest BCUT2D eigenvalue weighted by Gasteiger charge is 2.45. The number of carbonyl (C=O) groups is 1. The van der Waals surface area contributed by atoms with Crippen LogP contribution in [0.25, 0.3) is 0 Å². The van der Waals surface area contributed by atoms with Gasteiger partial charge in [0.05, 0.1) is 13.2 Å². The number of ether oxygens (including phenoxy) is 3. The second kappa shape index (κ2) is 9.33. The van der Waals surface area contributed by atoms with Gasteiger partial charge in [0.2, 0.25) is 0 Å². The van der Waals surface area contributed by atoms with E-state index in [1.54, 1.807) is 0 Å². The van der Waals surface area contributed by atoms with Crippen molar-refractivity contribution in [3.05, 3.63) is 0 Å². The van der Waals surface area contributed by atoms with Crippen LogP contribution in [0.4, 0.5) is 0 Å². The summed E-state index contributed by atoms with van der Waals surface area (Å²) in [6.45, 7) is 3.86. The number of esters is 1. The van der Waals surface area contributed by atoms with Crippen LogP contribution in [-0.2, 0) is 19.0 Å². The van der Waals surface area contributed by atoms with Crippen LogP contribution in [0.15, 0.2) is 0 Å². The van der Waals surface area contributed by atoms with Crippen molar-refractivity contribution in [3.63, 3.8) is 0 Å². The summed E-state index contributed by atoms with van der Waals surface area (Å²) < 4.78 is 16.9. The Kier molecular flexibility index (Phi) is 7.14. The van der Waals surface area contributed by atoms with E-state index in [-0.39, 0.29) is 24.4 Å². The topological polar surface area (TPSA) is 56.8 Å². The van der Waals surface area contributed by atoms with E-state index in [9.17, 15) is 4.79 Å². The highest BCUT2D eigenvalue weighted by Crippen LogP contribution is 2.41. The lowest BCUT2D eigenvalue weighted by atomic mass is 9.71.